The SMILES string of the molecule is [2H]C([2H])(/C=C(\C)OC([2H])([2H])/C=C(\C)OCCC#C)OC. The number of hydrogen-bond acceptors (Lipinski definition) is 3. The largest absolute Gasteiger partial charge is 0.497 e. The minimum atomic E-state index is -2.12. The Kier molecular flexibility index (Phi) is 5.52. The number of methoxy groups -OCH3 is 1. The van der Waals surface area contributed by atoms with Crippen molar-refractivity contribution in [3.8, 4) is 12.3 Å². The van der Waals surface area contributed by atoms with E-state index in [1.807, 2.05) is 0 Å². The minimum absolute atomic E-state index is 0.0644. The predicted molar refractivity (Wildman–Crippen MR) is 64.7 cm³/mol. The quantitative estimate of drug-likeness (QED) is 0.363. The van der Waals surface area contributed by atoms with E-state index in [0.29, 0.717) is 18.8 Å². The van der Waals surface area contributed by atoms with Crippen LogP contribution in [0.4, 0.5) is 0 Å². The number of terminal acetylenes is 1. The number of ether oxygens (including phenoxy) is 3. The van der Waals surface area contributed by atoms with E-state index in [1.54, 1.807) is 6.92 Å². The molecule has 0 aliphatic heterocycles. The first-order valence-electron chi connectivity index (χ1n) is 6.81. The van der Waals surface area contributed by atoms with Crippen molar-refractivity contribution in [1.29, 1.82) is 0 Å². The normalized spacial score (nSPS) is 17.6. The molecule has 0 aliphatic rings. The van der Waals surface area contributed by atoms with Crippen molar-refractivity contribution in [1.82, 2.24) is 0 Å². The van der Waals surface area contributed by atoms with Gasteiger partial charge < -0.3 is 14.2 Å². The van der Waals surface area contributed by atoms with Crippen molar-refractivity contribution in [2.45, 2.75) is 20.3 Å². The molecular weight excluding hydrogens is 204 g/mol. The van der Waals surface area contributed by atoms with Crippen LogP contribution in [0.3, 0.4) is 0 Å². The van der Waals surface area contributed by atoms with Crippen LogP contribution in [0.1, 0.15) is 25.8 Å². The lowest BCUT2D eigenvalue weighted by atomic mass is 10.4. The summed E-state index contributed by atoms with van der Waals surface area (Å²) in [4.78, 5) is 0. The second-order valence-electron chi connectivity index (χ2n) is 2.85. The molecule has 0 aromatic carbocycles. The molecule has 0 N–H and O–H groups in total. The fraction of sp³-hybridized carbons (Fsp3) is 0.538. The van der Waals surface area contributed by atoms with Crippen molar-refractivity contribution in [3.63, 3.8) is 0 Å². The van der Waals surface area contributed by atoms with Crippen molar-refractivity contribution in [3.05, 3.63) is 23.7 Å². The second kappa shape index (κ2) is 10.1. The molecule has 90 valence electrons. The van der Waals surface area contributed by atoms with Crippen LogP contribution in [0.5, 0.6) is 0 Å². The molecule has 0 radical (unpaired) electrons. The van der Waals surface area contributed by atoms with Crippen LogP contribution in [-0.4, -0.2) is 26.8 Å². The summed E-state index contributed by atoms with van der Waals surface area (Å²) in [6.45, 7) is -0.801. The first-order chi connectivity index (χ1) is 9.12. The van der Waals surface area contributed by atoms with Gasteiger partial charge in [-0.05, 0) is 26.0 Å². The van der Waals surface area contributed by atoms with Gasteiger partial charge in [0.2, 0.25) is 0 Å². The summed E-state index contributed by atoms with van der Waals surface area (Å²) in [5, 5.41) is 0. The lowest BCUT2D eigenvalue weighted by Crippen LogP contribution is -1.95. The summed E-state index contributed by atoms with van der Waals surface area (Å²) in [6.07, 6.45) is 7.71. The molecule has 0 spiro atoms. The van der Waals surface area contributed by atoms with Gasteiger partial charge in [0.1, 0.15) is 6.56 Å². The van der Waals surface area contributed by atoms with E-state index in [0.717, 1.165) is 12.2 Å². The van der Waals surface area contributed by atoms with Gasteiger partial charge >= 0.3 is 0 Å². The Morgan fingerprint density at radius 2 is 1.88 bits per heavy atom. The summed E-state index contributed by atoms with van der Waals surface area (Å²) in [5.74, 6) is 2.81. The third-order valence-electron chi connectivity index (χ3n) is 1.44. The van der Waals surface area contributed by atoms with Gasteiger partial charge in [0.05, 0.1) is 30.2 Å². The van der Waals surface area contributed by atoms with Crippen LogP contribution in [0.25, 0.3) is 0 Å². The lowest BCUT2D eigenvalue weighted by Gasteiger charge is -2.06. The molecule has 3 heteroatoms. The Bertz CT molecular complexity index is 408. The monoisotopic (exact) mass is 228 g/mol. The zero-order valence-corrected chi connectivity index (χ0v) is 9.87. The molecule has 0 rings (SSSR count). The Balaban J connectivity index is 4.66. The molecule has 0 unspecified atom stereocenters. The van der Waals surface area contributed by atoms with Crippen LogP contribution >= 0.6 is 0 Å². The Morgan fingerprint density at radius 3 is 2.50 bits per heavy atom. The number of rotatable bonds is 8. The van der Waals surface area contributed by atoms with Gasteiger partial charge in [-0.1, -0.05) is 0 Å². The van der Waals surface area contributed by atoms with Crippen molar-refractivity contribution >= 4 is 0 Å². The average Bonchev–Trinajstić information content (AvgIpc) is 2.26. The van der Waals surface area contributed by atoms with Crippen LogP contribution in [0, 0.1) is 12.3 Å². The van der Waals surface area contributed by atoms with Gasteiger partial charge in [0.15, 0.2) is 0 Å². The fourth-order valence-corrected chi connectivity index (χ4v) is 0.689. The standard InChI is InChI=1S/C13H20O3/c1-5-6-9-15-13(3)8-11-16-12(2)7-10-14-4/h1,7-8H,6,9-11H2,2-4H3/b12-7+,13-8+/i10D2,11D2. The smallest absolute Gasteiger partial charge is 0.109 e. The van der Waals surface area contributed by atoms with Gasteiger partial charge in [0.25, 0.3) is 0 Å². The highest BCUT2D eigenvalue weighted by atomic mass is 16.5. The summed E-state index contributed by atoms with van der Waals surface area (Å²) < 4.78 is 44.9. The van der Waals surface area contributed by atoms with Crippen LogP contribution < -0.4 is 0 Å². The molecule has 3 nitrogen and oxygen atoms in total. The number of allylic oxidation sites excluding steroid dienone is 2. The van der Waals surface area contributed by atoms with Crippen molar-refractivity contribution in [2.24, 2.45) is 0 Å². The topological polar surface area (TPSA) is 27.7 Å². The molecule has 0 aromatic rings. The second-order valence-corrected chi connectivity index (χ2v) is 2.85. The Morgan fingerprint density at radius 1 is 1.25 bits per heavy atom. The summed E-state index contributed by atoms with van der Waals surface area (Å²) in [7, 11) is 1.21. The third-order valence-corrected chi connectivity index (χ3v) is 1.44. The van der Waals surface area contributed by atoms with Gasteiger partial charge in [-0.25, -0.2) is 0 Å². The maximum Gasteiger partial charge on any atom is 0.109 e. The summed E-state index contributed by atoms with van der Waals surface area (Å²) >= 11 is 0. The molecule has 0 atom stereocenters. The highest BCUT2D eigenvalue weighted by Crippen LogP contribution is 2.00. The van der Waals surface area contributed by atoms with E-state index in [-0.39, 0.29) is 5.76 Å². The van der Waals surface area contributed by atoms with Gasteiger partial charge in [-0.3, -0.25) is 0 Å². The molecule has 0 saturated heterocycles. The fourth-order valence-electron chi connectivity index (χ4n) is 0.689. The molecule has 0 amide bonds. The zero-order chi connectivity index (χ0) is 15.8. The third kappa shape index (κ3) is 9.17. The maximum atomic E-state index is 7.68. The van der Waals surface area contributed by atoms with Crippen LogP contribution in [-0.2, 0) is 14.2 Å². The van der Waals surface area contributed by atoms with Crippen LogP contribution in [0.15, 0.2) is 23.7 Å². The molecule has 16 heavy (non-hydrogen) atoms. The zero-order valence-electron chi connectivity index (χ0n) is 13.9. The summed E-state index contributed by atoms with van der Waals surface area (Å²) in [5.41, 5.74) is 0. The highest BCUT2D eigenvalue weighted by Gasteiger charge is 1.91. The van der Waals surface area contributed by atoms with Crippen LogP contribution in [0.2, 0.25) is 0 Å². The number of hydrogen-bond donors (Lipinski definition) is 0. The maximum absolute atomic E-state index is 7.68. The van der Waals surface area contributed by atoms with E-state index in [1.165, 1.54) is 14.0 Å². The van der Waals surface area contributed by atoms with Crippen molar-refractivity contribution < 1.29 is 19.7 Å². The highest BCUT2D eigenvalue weighted by molar-refractivity contribution is 4.93. The molecular formula is C13H20O3. The first-order valence-corrected chi connectivity index (χ1v) is 4.81. The van der Waals surface area contributed by atoms with E-state index in [4.69, 9.17) is 21.4 Å². The van der Waals surface area contributed by atoms with Gasteiger partial charge in [-0.2, -0.15) is 0 Å². The van der Waals surface area contributed by atoms with E-state index in [2.05, 4.69) is 10.7 Å². The van der Waals surface area contributed by atoms with Crippen molar-refractivity contribution in [2.75, 3.05) is 26.8 Å². The lowest BCUT2D eigenvalue weighted by molar-refractivity contribution is 0.201. The van der Waals surface area contributed by atoms with E-state index in [9.17, 15) is 0 Å². The predicted octanol–water partition coefficient (Wildman–Crippen LogP) is 2.50. The molecule has 0 aliphatic carbocycles. The van der Waals surface area contributed by atoms with E-state index >= 15 is 0 Å². The Hall–Kier alpha value is -1.40. The minimum Gasteiger partial charge on any atom is -0.497 e. The Labute approximate surface area is 104 Å². The van der Waals surface area contributed by atoms with Gasteiger partial charge in [-0.15, -0.1) is 12.3 Å². The molecule has 0 saturated carbocycles. The van der Waals surface area contributed by atoms with E-state index < -0.39 is 13.1 Å². The summed E-state index contributed by atoms with van der Waals surface area (Å²) in [6, 6.07) is 0. The average molecular weight is 228 g/mol. The molecule has 0 aromatic heterocycles. The molecule has 0 heterocycles. The first kappa shape index (κ1) is 8.72. The van der Waals surface area contributed by atoms with Gasteiger partial charge in [0, 0.05) is 13.5 Å². The molecule has 0 bridgehead atoms. The molecule has 0 fully saturated rings.